The number of ether oxygens (including phenoxy) is 1. The van der Waals surface area contributed by atoms with Crippen molar-refractivity contribution in [3.63, 3.8) is 0 Å². The van der Waals surface area contributed by atoms with Crippen molar-refractivity contribution in [1.82, 2.24) is 10.2 Å². The number of morpholine rings is 1. The van der Waals surface area contributed by atoms with Gasteiger partial charge < -0.3 is 10.1 Å². The van der Waals surface area contributed by atoms with Crippen molar-refractivity contribution in [3.05, 3.63) is 0 Å². The Bertz CT molecular complexity index is 307. The van der Waals surface area contributed by atoms with Crippen LogP contribution >= 0.6 is 0 Å². The van der Waals surface area contributed by atoms with E-state index < -0.39 is 0 Å². The second-order valence-electron chi connectivity index (χ2n) is 7.28. The summed E-state index contributed by atoms with van der Waals surface area (Å²) in [5.41, 5.74) is 0. The van der Waals surface area contributed by atoms with Crippen molar-refractivity contribution in [3.8, 4) is 0 Å². The molecule has 0 amide bonds. The molecule has 0 aromatic rings. The molecule has 2 bridgehead atoms. The first-order valence-electron chi connectivity index (χ1n) is 8.81. The zero-order chi connectivity index (χ0) is 13.9. The van der Waals surface area contributed by atoms with Crippen molar-refractivity contribution in [2.24, 2.45) is 17.8 Å². The molecule has 1 aliphatic heterocycles. The van der Waals surface area contributed by atoms with E-state index in [1.54, 1.807) is 0 Å². The maximum atomic E-state index is 6.09. The van der Waals surface area contributed by atoms with Crippen molar-refractivity contribution in [2.45, 2.75) is 57.6 Å². The van der Waals surface area contributed by atoms with Crippen LogP contribution in [0, 0.1) is 17.8 Å². The second kappa shape index (κ2) is 6.76. The molecule has 116 valence electrons. The van der Waals surface area contributed by atoms with Gasteiger partial charge in [-0.1, -0.05) is 13.3 Å². The van der Waals surface area contributed by atoms with E-state index in [-0.39, 0.29) is 0 Å². The summed E-state index contributed by atoms with van der Waals surface area (Å²) in [6, 6.07) is 0.555. The molecule has 3 aliphatic rings. The minimum absolute atomic E-state index is 0.402. The quantitative estimate of drug-likeness (QED) is 0.809. The molecular formula is C17H32N2O. The smallest absolute Gasteiger partial charge is 0.0855 e. The average Bonchev–Trinajstić information content (AvgIpc) is 3.08. The normalized spacial score (nSPS) is 39.3. The van der Waals surface area contributed by atoms with Crippen LogP contribution < -0.4 is 5.32 Å². The van der Waals surface area contributed by atoms with Crippen LogP contribution in [0.15, 0.2) is 0 Å². The molecule has 3 fully saturated rings. The number of hydrogen-bond donors (Lipinski definition) is 1. The first-order chi connectivity index (χ1) is 9.80. The Morgan fingerprint density at radius 3 is 2.85 bits per heavy atom. The van der Waals surface area contributed by atoms with Crippen molar-refractivity contribution in [2.75, 3.05) is 33.3 Å². The van der Waals surface area contributed by atoms with Crippen molar-refractivity contribution < 1.29 is 4.74 Å². The number of fused-ring (bicyclic) bond motifs is 2. The zero-order valence-corrected chi connectivity index (χ0v) is 13.3. The van der Waals surface area contributed by atoms with Gasteiger partial charge in [0.25, 0.3) is 0 Å². The van der Waals surface area contributed by atoms with Gasteiger partial charge in [-0.2, -0.15) is 0 Å². The standard InChI is InChI=1S/C17H32N2O/c1-3-6-19-7-8-20-17(12-19)16(18-2)11-15-10-13-4-5-14(15)9-13/h13-18H,3-12H2,1-2H3. The van der Waals surface area contributed by atoms with Crippen LogP contribution in [0.25, 0.3) is 0 Å². The van der Waals surface area contributed by atoms with Crippen molar-refractivity contribution in [1.29, 1.82) is 0 Å². The predicted molar refractivity (Wildman–Crippen MR) is 82.9 cm³/mol. The molecule has 2 saturated carbocycles. The summed E-state index contributed by atoms with van der Waals surface area (Å²) in [6.07, 6.45) is 9.02. The van der Waals surface area contributed by atoms with Gasteiger partial charge in [-0.05, 0) is 63.5 Å². The number of nitrogens with zero attached hydrogens (tertiary/aromatic N) is 1. The van der Waals surface area contributed by atoms with Gasteiger partial charge in [0, 0.05) is 19.1 Å². The molecule has 3 heteroatoms. The topological polar surface area (TPSA) is 24.5 Å². The van der Waals surface area contributed by atoms with Gasteiger partial charge in [0.05, 0.1) is 12.7 Å². The number of hydrogen-bond acceptors (Lipinski definition) is 3. The molecule has 0 radical (unpaired) electrons. The third-order valence-corrected chi connectivity index (χ3v) is 5.98. The monoisotopic (exact) mass is 280 g/mol. The molecule has 3 rings (SSSR count). The molecule has 20 heavy (non-hydrogen) atoms. The van der Waals surface area contributed by atoms with Crippen molar-refractivity contribution >= 4 is 0 Å². The first-order valence-corrected chi connectivity index (χ1v) is 8.81. The first kappa shape index (κ1) is 14.8. The fraction of sp³-hybridized carbons (Fsp3) is 1.00. The van der Waals surface area contributed by atoms with Crippen LogP contribution in [0.3, 0.4) is 0 Å². The van der Waals surface area contributed by atoms with Crippen LogP contribution in [0.2, 0.25) is 0 Å². The van der Waals surface area contributed by atoms with E-state index in [1.807, 2.05) is 0 Å². The van der Waals surface area contributed by atoms with E-state index in [2.05, 4.69) is 24.2 Å². The molecule has 0 spiro atoms. The Kier molecular flexibility index (Phi) is 5.00. The molecule has 5 atom stereocenters. The van der Waals surface area contributed by atoms with E-state index in [0.717, 1.165) is 37.5 Å². The van der Waals surface area contributed by atoms with Gasteiger partial charge in [0.15, 0.2) is 0 Å². The minimum Gasteiger partial charge on any atom is -0.374 e. The van der Waals surface area contributed by atoms with E-state index in [4.69, 9.17) is 4.74 Å². The third-order valence-electron chi connectivity index (χ3n) is 5.98. The van der Waals surface area contributed by atoms with E-state index in [1.165, 1.54) is 45.1 Å². The highest BCUT2D eigenvalue weighted by atomic mass is 16.5. The summed E-state index contributed by atoms with van der Waals surface area (Å²) in [4.78, 5) is 2.58. The SMILES string of the molecule is CCCN1CCOC(C(CC2CC3CCC2C3)NC)C1. The summed E-state index contributed by atoms with van der Waals surface area (Å²) >= 11 is 0. The Balaban J connectivity index is 1.53. The zero-order valence-electron chi connectivity index (χ0n) is 13.3. The molecule has 3 nitrogen and oxygen atoms in total. The molecule has 2 aliphatic carbocycles. The van der Waals surface area contributed by atoms with Gasteiger partial charge in [-0.15, -0.1) is 0 Å². The summed E-state index contributed by atoms with van der Waals surface area (Å²) in [7, 11) is 2.13. The summed E-state index contributed by atoms with van der Waals surface area (Å²) in [5.74, 6) is 3.06. The van der Waals surface area contributed by atoms with Gasteiger partial charge in [0.1, 0.15) is 0 Å². The Labute approximate surface area is 124 Å². The van der Waals surface area contributed by atoms with Gasteiger partial charge >= 0.3 is 0 Å². The maximum absolute atomic E-state index is 6.09. The Hall–Kier alpha value is -0.120. The van der Waals surface area contributed by atoms with Crippen LogP contribution in [-0.4, -0.2) is 50.3 Å². The summed E-state index contributed by atoms with van der Waals surface area (Å²) in [6.45, 7) is 6.66. The van der Waals surface area contributed by atoms with Gasteiger partial charge in [-0.3, -0.25) is 4.90 Å². The molecule has 1 N–H and O–H groups in total. The van der Waals surface area contributed by atoms with Crippen LogP contribution in [0.5, 0.6) is 0 Å². The Morgan fingerprint density at radius 2 is 2.20 bits per heavy atom. The van der Waals surface area contributed by atoms with Crippen LogP contribution in [0.1, 0.15) is 45.4 Å². The largest absolute Gasteiger partial charge is 0.374 e. The lowest BCUT2D eigenvalue weighted by Gasteiger charge is -2.38. The number of rotatable bonds is 6. The lowest BCUT2D eigenvalue weighted by Crippen LogP contribution is -2.52. The summed E-state index contributed by atoms with van der Waals surface area (Å²) in [5, 5.41) is 3.57. The second-order valence-corrected chi connectivity index (χ2v) is 7.28. The summed E-state index contributed by atoms with van der Waals surface area (Å²) < 4.78 is 6.09. The lowest BCUT2D eigenvalue weighted by molar-refractivity contribution is -0.0498. The Morgan fingerprint density at radius 1 is 1.30 bits per heavy atom. The van der Waals surface area contributed by atoms with Gasteiger partial charge in [0.2, 0.25) is 0 Å². The van der Waals surface area contributed by atoms with Crippen LogP contribution in [-0.2, 0) is 4.74 Å². The van der Waals surface area contributed by atoms with E-state index >= 15 is 0 Å². The highest BCUT2D eigenvalue weighted by Crippen LogP contribution is 2.50. The molecule has 0 aromatic carbocycles. The highest BCUT2D eigenvalue weighted by molar-refractivity contribution is 4.93. The highest BCUT2D eigenvalue weighted by Gasteiger charge is 2.41. The number of nitrogens with one attached hydrogen (secondary N) is 1. The average molecular weight is 280 g/mol. The minimum atomic E-state index is 0.402. The molecule has 1 saturated heterocycles. The molecule has 1 heterocycles. The third kappa shape index (κ3) is 3.20. The lowest BCUT2D eigenvalue weighted by atomic mass is 9.83. The molecule has 0 aromatic heterocycles. The van der Waals surface area contributed by atoms with E-state index in [0.29, 0.717) is 12.1 Å². The maximum Gasteiger partial charge on any atom is 0.0855 e. The number of likely N-dealkylation sites (N-methyl/N-ethyl adjacent to an activating group) is 1. The van der Waals surface area contributed by atoms with E-state index in [9.17, 15) is 0 Å². The fourth-order valence-corrected chi connectivity index (χ4v) is 4.94. The van der Waals surface area contributed by atoms with Crippen LogP contribution in [0.4, 0.5) is 0 Å². The molecular weight excluding hydrogens is 248 g/mol. The fourth-order valence-electron chi connectivity index (χ4n) is 4.94. The van der Waals surface area contributed by atoms with Gasteiger partial charge in [-0.25, -0.2) is 0 Å². The predicted octanol–water partition coefficient (Wildman–Crippen LogP) is 2.51. The molecule has 5 unspecified atom stereocenters.